The first-order chi connectivity index (χ1) is 13.7. The van der Waals surface area contributed by atoms with Gasteiger partial charge in [0.1, 0.15) is 5.54 Å². The number of carbonyl (C=O) groups excluding carboxylic acids is 1. The lowest BCUT2D eigenvalue weighted by atomic mass is 9.83. The van der Waals surface area contributed by atoms with Crippen molar-refractivity contribution in [1.29, 1.82) is 0 Å². The molecular formula is C23H33NO5. The second-order valence-electron chi connectivity index (χ2n) is 9.86. The first-order valence-electron chi connectivity index (χ1n) is 10.5. The summed E-state index contributed by atoms with van der Waals surface area (Å²) in [6.45, 7) is 7.69. The fourth-order valence-corrected chi connectivity index (χ4v) is 4.17. The van der Waals surface area contributed by atoms with Gasteiger partial charge in [-0.2, -0.15) is 0 Å². The summed E-state index contributed by atoms with van der Waals surface area (Å²) in [5.74, 6) is -0.401. The number of benzene rings is 1. The van der Waals surface area contributed by atoms with Gasteiger partial charge in [-0.1, -0.05) is 51.1 Å². The van der Waals surface area contributed by atoms with Gasteiger partial charge in [0.15, 0.2) is 0 Å². The molecule has 1 saturated carbocycles. The number of likely N-dealkylation sites (tertiary alicyclic amines) is 1. The molecule has 3 rings (SSSR count). The van der Waals surface area contributed by atoms with Crippen LogP contribution >= 0.6 is 0 Å². The van der Waals surface area contributed by atoms with Gasteiger partial charge >= 0.3 is 12.1 Å². The van der Waals surface area contributed by atoms with Gasteiger partial charge in [0.05, 0.1) is 19.8 Å². The number of amides is 1. The molecular weight excluding hydrogens is 370 g/mol. The monoisotopic (exact) mass is 403 g/mol. The molecule has 1 heterocycles. The van der Waals surface area contributed by atoms with Crippen LogP contribution in [0, 0.1) is 10.8 Å². The zero-order valence-corrected chi connectivity index (χ0v) is 17.8. The molecule has 1 aromatic carbocycles. The standard InChI is InChI=1S/C23H33NO5/c1-21(2,3)16-29-19(25)23(10-7-13-24(23)20(26)27)15-22(11-12-22)17-28-14-18-8-5-4-6-9-18/h4-6,8-9H,7,10-17H2,1-3H3,(H,26,27). The van der Waals surface area contributed by atoms with E-state index < -0.39 is 17.6 Å². The minimum Gasteiger partial charge on any atom is -0.465 e. The first-order valence-corrected chi connectivity index (χ1v) is 10.5. The zero-order valence-electron chi connectivity index (χ0n) is 17.8. The lowest BCUT2D eigenvalue weighted by Crippen LogP contribution is -2.55. The fraction of sp³-hybridized carbons (Fsp3) is 0.652. The maximum Gasteiger partial charge on any atom is 0.408 e. The van der Waals surface area contributed by atoms with E-state index in [0.717, 1.165) is 18.4 Å². The van der Waals surface area contributed by atoms with Crippen LogP contribution in [-0.4, -0.2) is 47.4 Å². The Labute approximate surface area is 173 Å². The molecule has 0 bridgehead atoms. The third kappa shape index (κ3) is 5.30. The first kappa shape index (κ1) is 21.6. The van der Waals surface area contributed by atoms with Gasteiger partial charge in [0.2, 0.25) is 0 Å². The van der Waals surface area contributed by atoms with Crippen LogP contribution < -0.4 is 0 Å². The number of carbonyl (C=O) groups is 2. The van der Waals surface area contributed by atoms with Crippen molar-refractivity contribution < 1.29 is 24.2 Å². The summed E-state index contributed by atoms with van der Waals surface area (Å²) >= 11 is 0. The molecule has 1 aliphatic carbocycles. The van der Waals surface area contributed by atoms with E-state index in [4.69, 9.17) is 9.47 Å². The SMILES string of the molecule is CC(C)(C)COC(=O)C1(CC2(COCc3ccccc3)CC2)CCCN1C(=O)O. The maximum absolute atomic E-state index is 13.2. The number of hydrogen-bond acceptors (Lipinski definition) is 4. The summed E-state index contributed by atoms with van der Waals surface area (Å²) in [5.41, 5.74) is -0.299. The van der Waals surface area contributed by atoms with Crippen molar-refractivity contribution in [3.63, 3.8) is 0 Å². The number of carboxylic acid groups (broad SMARTS) is 1. The molecule has 29 heavy (non-hydrogen) atoms. The average Bonchev–Trinajstić information content (AvgIpc) is 3.27. The molecule has 1 saturated heterocycles. The van der Waals surface area contributed by atoms with Crippen molar-refractivity contribution in [3.8, 4) is 0 Å². The van der Waals surface area contributed by atoms with Crippen LogP contribution in [0.25, 0.3) is 0 Å². The summed E-state index contributed by atoms with van der Waals surface area (Å²) in [7, 11) is 0. The van der Waals surface area contributed by atoms with Crippen molar-refractivity contribution in [2.24, 2.45) is 10.8 Å². The molecule has 6 nitrogen and oxygen atoms in total. The normalized spacial score (nSPS) is 23.1. The van der Waals surface area contributed by atoms with E-state index in [0.29, 0.717) is 39.0 Å². The van der Waals surface area contributed by atoms with Crippen LogP contribution in [0.15, 0.2) is 30.3 Å². The zero-order chi connectivity index (χ0) is 21.1. The molecule has 1 aromatic rings. The number of nitrogens with zero attached hydrogens (tertiary/aromatic N) is 1. The van der Waals surface area contributed by atoms with E-state index in [9.17, 15) is 14.7 Å². The fourth-order valence-electron chi connectivity index (χ4n) is 4.17. The van der Waals surface area contributed by atoms with E-state index in [-0.39, 0.29) is 17.4 Å². The second-order valence-corrected chi connectivity index (χ2v) is 9.86. The topological polar surface area (TPSA) is 76.1 Å². The third-order valence-corrected chi connectivity index (χ3v) is 5.88. The van der Waals surface area contributed by atoms with Gasteiger partial charge in [-0.15, -0.1) is 0 Å². The highest BCUT2D eigenvalue weighted by Crippen LogP contribution is 2.55. The van der Waals surface area contributed by atoms with Gasteiger partial charge < -0.3 is 14.6 Å². The number of ether oxygens (including phenoxy) is 2. The molecule has 0 aromatic heterocycles. The van der Waals surface area contributed by atoms with Crippen LogP contribution in [0.2, 0.25) is 0 Å². The molecule has 1 N–H and O–H groups in total. The quantitative estimate of drug-likeness (QED) is 0.648. The maximum atomic E-state index is 13.2. The highest BCUT2D eigenvalue weighted by atomic mass is 16.5. The molecule has 1 aliphatic heterocycles. The Hall–Kier alpha value is -2.08. The molecule has 0 radical (unpaired) electrons. The molecule has 6 heteroatoms. The highest BCUT2D eigenvalue weighted by molar-refractivity contribution is 5.86. The Morgan fingerprint density at radius 1 is 1.14 bits per heavy atom. The summed E-state index contributed by atoms with van der Waals surface area (Å²) in [6.07, 6.45) is 2.52. The molecule has 160 valence electrons. The predicted octanol–water partition coefficient (Wildman–Crippen LogP) is 4.48. The number of hydrogen-bond donors (Lipinski definition) is 1. The Balaban J connectivity index is 1.69. The van der Waals surface area contributed by atoms with Crippen molar-refractivity contribution in [3.05, 3.63) is 35.9 Å². The van der Waals surface area contributed by atoms with Crippen LogP contribution in [0.5, 0.6) is 0 Å². The summed E-state index contributed by atoms with van der Waals surface area (Å²) < 4.78 is 11.6. The summed E-state index contributed by atoms with van der Waals surface area (Å²) in [4.78, 5) is 26.4. The predicted molar refractivity (Wildman–Crippen MR) is 109 cm³/mol. The van der Waals surface area contributed by atoms with E-state index in [2.05, 4.69) is 0 Å². The van der Waals surface area contributed by atoms with Crippen molar-refractivity contribution in [2.75, 3.05) is 19.8 Å². The Kier molecular flexibility index (Phi) is 6.22. The van der Waals surface area contributed by atoms with Gasteiger partial charge in [-0.25, -0.2) is 9.59 Å². The molecule has 0 spiro atoms. The smallest absolute Gasteiger partial charge is 0.408 e. The van der Waals surface area contributed by atoms with E-state index in [1.165, 1.54) is 4.90 Å². The Morgan fingerprint density at radius 2 is 1.83 bits per heavy atom. The van der Waals surface area contributed by atoms with Gasteiger partial charge in [-0.3, -0.25) is 4.90 Å². The second kappa shape index (κ2) is 8.34. The van der Waals surface area contributed by atoms with Gasteiger partial charge in [0, 0.05) is 6.54 Å². The van der Waals surface area contributed by atoms with Crippen LogP contribution in [-0.2, 0) is 20.9 Å². The largest absolute Gasteiger partial charge is 0.465 e. The van der Waals surface area contributed by atoms with Crippen LogP contribution in [0.1, 0.15) is 58.4 Å². The average molecular weight is 404 g/mol. The summed E-state index contributed by atoms with van der Waals surface area (Å²) in [5, 5.41) is 9.75. The Bertz CT molecular complexity index is 723. The van der Waals surface area contributed by atoms with Crippen molar-refractivity contribution in [1.82, 2.24) is 4.90 Å². The minimum atomic E-state index is -1.09. The van der Waals surface area contributed by atoms with Crippen molar-refractivity contribution >= 4 is 12.1 Å². The molecule has 1 atom stereocenters. The van der Waals surface area contributed by atoms with Crippen LogP contribution in [0.3, 0.4) is 0 Å². The molecule has 1 amide bonds. The van der Waals surface area contributed by atoms with Gasteiger partial charge in [-0.05, 0) is 48.5 Å². The number of esters is 1. The molecule has 2 aliphatic rings. The van der Waals surface area contributed by atoms with E-state index in [1.54, 1.807) is 0 Å². The minimum absolute atomic E-state index is 0.145. The van der Waals surface area contributed by atoms with Crippen molar-refractivity contribution in [2.45, 2.75) is 65.0 Å². The molecule has 1 unspecified atom stereocenters. The van der Waals surface area contributed by atoms with E-state index in [1.807, 2.05) is 51.1 Å². The number of rotatable bonds is 8. The molecule has 2 fully saturated rings. The van der Waals surface area contributed by atoms with Gasteiger partial charge in [0.25, 0.3) is 0 Å². The lowest BCUT2D eigenvalue weighted by molar-refractivity contribution is -0.160. The lowest BCUT2D eigenvalue weighted by Gasteiger charge is -2.38. The van der Waals surface area contributed by atoms with E-state index >= 15 is 0 Å². The third-order valence-electron chi connectivity index (χ3n) is 5.88. The van der Waals surface area contributed by atoms with Crippen LogP contribution in [0.4, 0.5) is 4.79 Å². The summed E-state index contributed by atoms with van der Waals surface area (Å²) in [6, 6.07) is 9.98. The Morgan fingerprint density at radius 3 is 2.41 bits per heavy atom. The highest BCUT2D eigenvalue weighted by Gasteiger charge is 2.58.